The summed E-state index contributed by atoms with van der Waals surface area (Å²) in [7, 11) is 0. The second-order valence-electron chi connectivity index (χ2n) is 5.83. The fraction of sp³-hybridized carbons (Fsp3) is 0.222. The van der Waals surface area contributed by atoms with Crippen molar-refractivity contribution >= 4 is 11.0 Å². The molecule has 4 aromatic rings. The van der Waals surface area contributed by atoms with Crippen LogP contribution in [-0.2, 0) is 13.0 Å². The van der Waals surface area contributed by atoms with Gasteiger partial charge in [-0.25, -0.2) is 9.07 Å². The molecule has 126 valence electrons. The Morgan fingerprint density at radius 3 is 2.76 bits per heavy atom. The van der Waals surface area contributed by atoms with Crippen molar-refractivity contribution < 1.29 is 8.91 Å². The highest BCUT2D eigenvalue weighted by Crippen LogP contribution is 2.22. The molecular weight excluding hydrogens is 321 g/mol. The van der Waals surface area contributed by atoms with Gasteiger partial charge in [0.05, 0.1) is 11.9 Å². The Morgan fingerprint density at radius 1 is 1.12 bits per heavy atom. The van der Waals surface area contributed by atoms with Crippen LogP contribution >= 0.6 is 0 Å². The maximum absolute atomic E-state index is 13.0. The molecule has 2 aromatic heterocycles. The van der Waals surface area contributed by atoms with Gasteiger partial charge in [0.1, 0.15) is 11.3 Å². The Balaban J connectivity index is 1.59. The number of hydrogen-bond donors (Lipinski definition) is 0. The van der Waals surface area contributed by atoms with Crippen molar-refractivity contribution in [3.05, 3.63) is 59.7 Å². The smallest absolute Gasteiger partial charge is 0.231 e. The number of rotatable bonds is 5. The van der Waals surface area contributed by atoms with Crippen LogP contribution in [0.25, 0.3) is 22.4 Å². The third-order valence-electron chi connectivity index (χ3n) is 3.94. The first-order valence-corrected chi connectivity index (χ1v) is 8.13. The van der Waals surface area contributed by atoms with Gasteiger partial charge in [0.25, 0.3) is 0 Å². The van der Waals surface area contributed by atoms with Crippen LogP contribution in [0.2, 0.25) is 0 Å². The normalized spacial score (nSPS) is 11.3. The van der Waals surface area contributed by atoms with E-state index in [9.17, 15) is 4.39 Å². The largest absolute Gasteiger partial charge is 0.339 e. The van der Waals surface area contributed by atoms with E-state index < -0.39 is 0 Å². The molecule has 0 unspecified atom stereocenters. The first-order valence-electron chi connectivity index (χ1n) is 8.13. The lowest BCUT2D eigenvalue weighted by atomic mass is 10.1. The van der Waals surface area contributed by atoms with Gasteiger partial charge in [-0.15, -0.1) is 5.10 Å². The Kier molecular flexibility index (Phi) is 3.97. The van der Waals surface area contributed by atoms with Gasteiger partial charge in [-0.05, 0) is 42.3 Å². The lowest BCUT2D eigenvalue weighted by Gasteiger charge is -1.99. The molecule has 0 spiro atoms. The number of hydrogen-bond acceptors (Lipinski definition) is 5. The molecule has 0 aliphatic heterocycles. The van der Waals surface area contributed by atoms with Crippen LogP contribution in [0.15, 0.2) is 47.0 Å². The quantitative estimate of drug-likeness (QED) is 0.556. The molecule has 6 nitrogen and oxygen atoms in total. The molecule has 2 aromatic carbocycles. The van der Waals surface area contributed by atoms with Gasteiger partial charge in [-0.2, -0.15) is 4.98 Å². The highest BCUT2D eigenvalue weighted by Gasteiger charge is 2.12. The van der Waals surface area contributed by atoms with Crippen LogP contribution in [0, 0.1) is 5.82 Å². The molecule has 0 N–H and O–H groups in total. The van der Waals surface area contributed by atoms with Crippen molar-refractivity contribution in [2.24, 2.45) is 0 Å². The average molecular weight is 337 g/mol. The van der Waals surface area contributed by atoms with Gasteiger partial charge < -0.3 is 4.52 Å². The van der Waals surface area contributed by atoms with Crippen LogP contribution in [0.5, 0.6) is 0 Å². The zero-order chi connectivity index (χ0) is 17.2. The molecule has 0 aliphatic carbocycles. The predicted molar refractivity (Wildman–Crippen MR) is 90.3 cm³/mol. The van der Waals surface area contributed by atoms with Crippen LogP contribution in [-0.4, -0.2) is 25.1 Å². The molecule has 0 radical (unpaired) electrons. The number of aromatic nitrogens is 5. The van der Waals surface area contributed by atoms with E-state index >= 15 is 0 Å². The van der Waals surface area contributed by atoms with E-state index in [0.717, 1.165) is 35.1 Å². The standard InChI is InChI=1S/C18H16FN5O/c1-2-9-24-16-8-5-13(11-15(16)21-23-24)18-20-17(25-22-18)10-12-3-6-14(19)7-4-12/h3-8,11H,2,9-10H2,1H3. The molecule has 0 saturated heterocycles. The Bertz CT molecular complexity index is 1010. The summed E-state index contributed by atoms with van der Waals surface area (Å²) in [6.45, 7) is 2.93. The number of halogens is 1. The van der Waals surface area contributed by atoms with Gasteiger partial charge in [-0.3, -0.25) is 0 Å². The zero-order valence-electron chi connectivity index (χ0n) is 13.7. The molecule has 0 aliphatic rings. The molecule has 0 fully saturated rings. The number of aryl methyl sites for hydroxylation is 1. The van der Waals surface area contributed by atoms with E-state index in [0.29, 0.717) is 18.1 Å². The fourth-order valence-electron chi connectivity index (χ4n) is 2.71. The highest BCUT2D eigenvalue weighted by molar-refractivity contribution is 5.79. The lowest BCUT2D eigenvalue weighted by Crippen LogP contribution is -1.98. The minimum absolute atomic E-state index is 0.264. The van der Waals surface area contributed by atoms with Crippen LogP contribution in [0.3, 0.4) is 0 Å². The van der Waals surface area contributed by atoms with Crippen molar-refractivity contribution in [3.8, 4) is 11.4 Å². The van der Waals surface area contributed by atoms with Gasteiger partial charge in [0, 0.05) is 12.1 Å². The second kappa shape index (κ2) is 6.43. The van der Waals surface area contributed by atoms with E-state index in [1.54, 1.807) is 12.1 Å². The topological polar surface area (TPSA) is 69.6 Å². The van der Waals surface area contributed by atoms with Crippen molar-refractivity contribution in [1.29, 1.82) is 0 Å². The van der Waals surface area contributed by atoms with Crippen LogP contribution in [0.1, 0.15) is 24.8 Å². The van der Waals surface area contributed by atoms with Crippen LogP contribution in [0.4, 0.5) is 4.39 Å². The molecule has 4 rings (SSSR count). The monoisotopic (exact) mass is 337 g/mol. The van der Waals surface area contributed by atoms with Crippen LogP contribution < -0.4 is 0 Å². The van der Waals surface area contributed by atoms with Gasteiger partial charge >= 0.3 is 0 Å². The molecule has 0 saturated carbocycles. The lowest BCUT2D eigenvalue weighted by molar-refractivity contribution is 0.385. The third kappa shape index (κ3) is 3.13. The zero-order valence-corrected chi connectivity index (χ0v) is 13.7. The molecule has 2 heterocycles. The Hall–Kier alpha value is -3.09. The maximum atomic E-state index is 13.0. The number of nitrogens with zero attached hydrogens (tertiary/aromatic N) is 5. The Morgan fingerprint density at radius 2 is 1.96 bits per heavy atom. The van der Waals surface area contributed by atoms with E-state index in [-0.39, 0.29) is 5.82 Å². The molecule has 0 atom stereocenters. The minimum atomic E-state index is -0.264. The summed E-state index contributed by atoms with van der Waals surface area (Å²) < 4.78 is 20.2. The molecule has 0 amide bonds. The average Bonchev–Trinajstić information content (AvgIpc) is 3.24. The number of fused-ring (bicyclic) bond motifs is 1. The molecular formula is C18H16FN5O. The van der Waals surface area contributed by atoms with Crippen molar-refractivity contribution in [1.82, 2.24) is 25.1 Å². The van der Waals surface area contributed by atoms with E-state index in [4.69, 9.17) is 4.52 Å². The van der Waals surface area contributed by atoms with E-state index in [1.807, 2.05) is 22.9 Å². The Labute approximate surface area is 143 Å². The molecule has 7 heteroatoms. The summed E-state index contributed by atoms with van der Waals surface area (Å²) in [4.78, 5) is 4.42. The summed E-state index contributed by atoms with van der Waals surface area (Å²) in [5, 5.41) is 12.4. The van der Waals surface area contributed by atoms with Gasteiger partial charge in [0.15, 0.2) is 0 Å². The summed E-state index contributed by atoms with van der Waals surface area (Å²) in [6, 6.07) is 12.1. The van der Waals surface area contributed by atoms with Crippen molar-refractivity contribution in [2.75, 3.05) is 0 Å². The van der Waals surface area contributed by atoms with E-state index in [1.165, 1.54) is 12.1 Å². The highest BCUT2D eigenvalue weighted by atomic mass is 19.1. The second-order valence-corrected chi connectivity index (χ2v) is 5.83. The van der Waals surface area contributed by atoms with Gasteiger partial charge in [0.2, 0.25) is 11.7 Å². The summed E-state index contributed by atoms with van der Waals surface area (Å²) in [5.41, 5.74) is 3.52. The number of benzene rings is 2. The summed E-state index contributed by atoms with van der Waals surface area (Å²) in [5.74, 6) is 0.722. The summed E-state index contributed by atoms with van der Waals surface area (Å²) in [6.07, 6.45) is 1.46. The first-order chi connectivity index (χ1) is 12.2. The molecule has 0 bridgehead atoms. The summed E-state index contributed by atoms with van der Waals surface area (Å²) >= 11 is 0. The minimum Gasteiger partial charge on any atom is -0.339 e. The third-order valence-corrected chi connectivity index (χ3v) is 3.94. The fourth-order valence-corrected chi connectivity index (χ4v) is 2.71. The molecule has 25 heavy (non-hydrogen) atoms. The van der Waals surface area contributed by atoms with E-state index in [2.05, 4.69) is 27.4 Å². The SMILES string of the molecule is CCCn1nnc2cc(-c3noc(Cc4ccc(F)cc4)n3)ccc21. The van der Waals surface area contributed by atoms with Gasteiger partial charge in [-0.1, -0.05) is 29.4 Å². The first kappa shape index (κ1) is 15.4. The van der Waals surface area contributed by atoms with Crippen molar-refractivity contribution in [2.45, 2.75) is 26.3 Å². The van der Waals surface area contributed by atoms with Crippen molar-refractivity contribution in [3.63, 3.8) is 0 Å². The maximum Gasteiger partial charge on any atom is 0.231 e. The predicted octanol–water partition coefficient (Wildman–Crippen LogP) is 3.62.